The summed E-state index contributed by atoms with van der Waals surface area (Å²) in [4.78, 5) is 62.4. The van der Waals surface area contributed by atoms with E-state index in [1.165, 1.54) is 4.90 Å². The molecule has 1 aromatic rings. The van der Waals surface area contributed by atoms with Crippen molar-refractivity contribution in [3.05, 3.63) is 60.2 Å². The predicted molar refractivity (Wildman–Crippen MR) is 181 cm³/mol. The Kier molecular flexibility index (Phi) is 10.0. The molecule has 0 unspecified atom stereocenters. The van der Waals surface area contributed by atoms with E-state index >= 15 is 4.79 Å². The first-order valence-corrected chi connectivity index (χ1v) is 17.4. The van der Waals surface area contributed by atoms with Crippen LogP contribution in [0.15, 0.2) is 54.6 Å². The number of aliphatic hydroxyl groups excluding tert-OH is 1. The van der Waals surface area contributed by atoms with Crippen molar-refractivity contribution >= 4 is 23.7 Å². The lowest BCUT2D eigenvalue weighted by atomic mass is 9.74. The van der Waals surface area contributed by atoms with E-state index in [9.17, 15) is 19.5 Å². The summed E-state index contributed by atoms with van der Waals surface area (Å²) in [6, 6.07) is 7.04. The van der Waals surface area contributed by atoms with Crippen LogP contribution in [0.2, 0.25) is 0 Å². The standard InChI is InChI=1S/C38H53N3O7/c1-9-26(22-42)41-32-34(45)40(37(6,7)23-36(3,4)5)21-15-11-14-18-28(43)39(8)24(2)31(25-16-12-10-13-17-25)47-35(46)29-27-19-20-38(32,48-27)30(29)33(41)44/h10-13,15-17,19-20,24,26-27,29-32,42H,9,14,18,21-23H2,1-8H3/b15-11-/t24-,26+,27+,29-,30-,31+,32+,38-/m1/s1. The van der Waals surface area contributed by atoms with Gasteiger partial charge in [0.25, 0.3) is 0 Å². The number of rotatable bonds is 6. The highest BCUT2D eigenvalue weighted by Crippen LogP contribution is 2.57. The fourth-order valence-electron chi connectivity index (χ4n) is 8.54. The van der Waals surface area contributed by atoms with Gasteiger partial charge in [-0.3, -0.25) is 19.2 Å². The monoisotopic (exact) mass is 663 g/mol. The Hall–Kier alpha value is -3.50. The van der Waals surface area contributed by atoms with E-state index in [4.69, 9.17) is 9.47 Å². The van der Waals surface area contributed by atoms with Gasteiger partial charge in [0, 0.05) is 25.6 Å². The van der Waals surface area contributed by atoms with Gasteiger partial charge in [0.1, 0.15) is 23.7 Å². The Morgan fingerprint density at radius 1 is 1.02 bits per heavy atom. The Morgan fingerprint density at radius 2 is 1.71 bits per heavy atom. The van der Waals surface area contributed by atoms with Gasteiger partial charge in [0.15, 0.2) is 0 Å². The van der Waals surface area contributed by atoms with E-state index in [1.807, 2.05) is 70.2 Å². The van der Waals surface area contributed by atoms with Crippen LogP contribution in [0.3, 0.4) is 0 Å². The first-order valence-electron chi connectivity index (χ1n) is 17.4. The third-order valence-corrected chi connectivity index (χ3v) is 10.6. The van der Waals surface area contributed by atoms with Crippen LogP contribution in [-0.2, 0) is 28.7 Å². The van der Waals surface area contributed by atoms with E-state index in [-0.39, 0.29) is 36.8 Å². The number of amides is 3. The molecule has 1 aromatic carbocycles. The Balaban J connectivity index is 1.65. The molecule has 48 heavy (non-hydrogen) atoms. The molecular formula is C38H53N3O7. The number of aliphatic hydroxyl groups is 1. The van der Waals surface area contributed by atoms with Crippen molar-refractivity contribution in [2.75, 3.05) is 20.2 Å². The molecule has 0 aliphatic carbocycles. The van der Waals surface area contributed by atoms with Gasteiger partial charge in [-0.15, -0.1) is 0 Å². The SMILES string of the molecule is CC[C@@H](CO)N1C(=O)[C@H]2[C@@H]3C(=O)O[C@H](c4ccccc4)[C@@H](C)N(C)C(=O)CC/C=C\CN(C(C)(C)CC(C)(C)C)C(=O)[C@H]1[C@@]21C=C[C@@H]3O1. The highest BCUT2D eigenvalue weighted by molar-refractivity contribution is 5.99. The molecule has 0 radical (unpaired) electrons. The number of likely N-dealkylation sites (N-methyl/N-ethyl adjacent to an activating group) is 1. The maximum absolute atomic E-state index is 15.1. The van der Waals surface area contributed by atoms with Crippen LogP contribution < -0.4 is 0 Å². The van der Waals surface area contributed by atoms with Gasteiger partial charge < -0.3 is 29.3 Å². The van der Waals surface area contributed by atoms with Crippen molar-refractivity contribution < 1.29 is 33.8 Å². The summed E-state index contributed by atoms with van der Waals surface area (Å²) in [5.74, 6) is -3.44. The summed E-state index contributed by atoms with van der Waals surface area (Å²) < 4.78 is 12.9. The molecule has 4 aliphatic heterocycles. The molecule has 10 heteroatoms. The van der Waals surface area contributed by atoms with Crippen molar-refractivity contribution in [3.8, 4) is 0 Å². The Bertz CT molecular complexity index is 1450. The number of benzene rings is 1. The van der Waals surface area contributed by atoms with E-state index in [0.717, 1.165) is 5.56 Å². The quantitative estimate of drug-likeness (QED) is 0.354. The van der Waals surface area contributed by atoms with Crippen LogP contribution in [0, 0.1) is 17.3 Å². The Morgan fingerprint density at radius 3 is 2.33 bits per heavy atom. The van der Waals surface area contributed by atoms with Crippen LogP contribution in [-0.4, -0.2) is 99.1 Å². The molecule has 3 amide bonds. The number of cyclic esters (lactones) is 1. The van der Waals surface area contributed by atoms with Gasteiger partial charge in [-0.2, -0.15) is 0 Å². The molecule has 262 valence electrons. The number of nitrogens with zero attached hydrogens (tertiary/aromatic N) is 3. The van der Waals surface area contributed by atoms with Crippen molar-refractivity contribution in [2.45, 2.75) is 116 Å². The molecule has 0 aromatic heterocycles. The molecule has 4 heterocycles. The minimum absolute atomic E-state index is 0.0981. The number of ether oxygens (including phenoxy) is 2. The second-order valence-corrected chi connectivity index (χ2v) is 15.7. The normalized spacial score (nSPS) is 32.9. The smallest absolute Gasteiger partial charge is 0.313 e. The largest absolute Gasteiger partial charge is 0.455 e. The fraction of sp³-hybridized carbons (Fsp3) is 0.632. The number of hydrogen-bond acceptors (Lipinski definition) is 7. The number of hydrogen-bond donors (Lipinski definition) is 1. The van der Waals surface area contributed by atoms with Crippen LogP contribution in [0.5, 0.6) is 0 Å². The molecule has 5 rings (SSSR count). The third kappa shape index (κ3) is 6.33. The van der Waals surface area contributed by atoms with Crippen LogP contribution in [0.25, 0.3) is 0 Å². The molecule has 1 N–H and O–H groups in total. The number of esters is 1. The van der Waals surface area contributed by atoms with Gasteiger partial charge >= 0.3 is 5.97 Å². The molecule has 10 nitrogen and oxygen atoms in total. The van der Waals surface area contributed by atoms with Gasteiger partial charge in [0.2, 0.25) is 17.7 Å². The van der Waals surface area contributed by atoms with Gasteiger partial charge in [-0.25, -0.2) is 0 Å². The molecule has 1 spiro atoms. The number of allylic oxidation sites excluding steroid dienone is 1. The fourth-order valence-corrected chi connectivity index (χ4v) is 8.54. The van der Waals surface area contributed by atoms with E-state index in [1.54, 1.807) is 29.0 Å². The lowest BCUT2D eigenvalue weighted by molar-refractivity contribution is -0.164. The summed E-state index contributed by atoms with van der Waals surface area (Å²) in [6.07, 6.45) is 7.63. The summed E-state index contributed by atoms with van der Waals surface area (Å²) in [5.41, 5.74) is -1.44. The van der Waals surface area contributed by atoms with E-state index < -0.39 is 65.2 Å². The minimum Gasteiger partial charge on any atom is -0.455 e. The minimum atomic E-state index is -1.40. The maximum Gasteiger partial charge on any atom is 0.313 e. The molecule has 2 fully saturated rings. The van der Waals surface area contributed by atoms with Gasteiger partial charge in [-0.05, 0) is 51.0 Å². The Labute approximate surface area is 285 Å². The van der Waals surface area contributed by atoms with Crippen LogP contribution >= 0.6 is 0 Å². The second kappa shape index (κ2) is 13.4. The number of fused-ring (bicyclic) bond motifs is 2. The molecule has 0 saturated carbocycles. The van der Waals surface area contributed by atoms with Crippen molar-refractivity contribution in [2.24, 2.45) is 17.3 Å². The highest BCUT2D eigenvalue weighted by atomic mass is 16.6. The van der Waals surface area contributed by atoms with Crippen LogP contribution in [0.1, 0.15) is 85.8 Å². The summed E-state index contributed by atoms with van der Waals surface area (Å²) >= 11 is 0. The first kappa shape index (κ1) is 35.8. The summed E-state index contributed by atoms with van der Waals surface area (Å²) in [6.45, 7) is 14.1. The summed E-state index contributed by atoms with van der Waals surface area (Å²) in [7, 11) is 1.71. The topological polar surface area (TPSA) is 117 Å². The van der Waals surface area contributed by atoms with E-state index in [2.05, 4.69) is 20.8 Å². The summed E-state index contributed by atoms with van der Waals surface area (Å²) in [5, 5.41) is 10.5. The van der Waals surface area contributed by atoms with E-state index in [0.29, 0.717) is 19.3 Å². The van der Waals surface area contributed by atoms with Crippen LogP contribution in [0.4, 0.5) is 0 Å². The average molecular weight is 664 g/mol. The number of likely N-dealkylation sites (tertiary alicyclic amines) is 1. The van der Waals surface area contributed by atoms with Gasteiger partial charge in [0.05, 0.1) is 30.7 Å². The molecule has 2 saturated heterocycles. The predicted octanol–water partition coefficient (Wildman–Crippen LogP) is 4.43. The zero-order valence-corrected chi connectivity index (χ0v) is 29.7. The number of carbonyl (C=O) groups excluding carboxylic acids is 4. The molecule has 8 atom stereocenters. The first-order chi connectivity index (χ1) is 22.6. The van der Waals surface area contributed by atoms with Crippen molar-refractivity contribution in [1.82, 2.24) is 14.7 Å². The average Bonchev–Trinajstić information content (AvgIpc) is 3.67. The third-order valence-electron chi connectivity index (χ3n) is 10.6. The molecule has 4 aliphatic rings. The van der Waals surface area contributed by atoms with Gasteiger partial charge in [-0.1, -0.05) is 82.3 Å². The maximum atomic E-state index is 15.1. The zero-order valence-electron chi connectivity index (χ0n) is 29.7. The van der Waals surface area contributed by atoms with Crippen molar-refractivity contribution in [1.29, 1.82) is 0 Å². The molecule has 5 bridgehead atoms. The highest BCUT2D eigenvalue weighted by Gasteiger charge is 2.74. The second-order valence-electron chi connectivity index (χ2n) is 15.7. The lowest BCUT2D eigenvalue weighted by Crippen LogP contribution is -2.62. The zero-order chi connectivity index (χ0) is 35.2. The molecular weight excluding hydrogens is 610 g/mol. The number of carbonyl (C=O) groups is 4. The van der Waals surface area contributed by atoms with Crippen molar-refractivity contribution in [3.63, 3.8) is 0 Å². The lowest BCUT2D eigenvalue weighted by Gasteiger charge is -2.46.